The SMILES string of the molecule is [B]C1([B])CNC(=O)N1Cc1ccc2nc(CCOCC(F)(F)F)[nH]c2c1. The Morgan fingerprint density at radius 1 is 1.35 bits per heavy atom. The van der Waals surface area contributed by atoms with E-state index in [4.69, 9.17) is 15.7 Å². The van der Waals surface area contributed by atoms with Gasteiger partial charge in [0.25, 0.3) is 0 Å². The molecule has 1 aliphatic rings. The molecule has 1 fully saturated rings. The van der Waals surface area contributed by atoms with Gasteiger partial charge in [0.15, 0.2) is 0 Å². The first kappa shape index (κ1) is 18.6. The minimum atomic E-state index is -4.34. The standard InChI is InChI=1S/C15H15B2F3N4O2/c16-14(17)7-21-13(25)24(14)6-9-1-2-10-11(5-9)23-12(22-10)3-4-26-8-15(18,19)20/h1-2,5H,3-4,6-8H2,(H,21,25)(H,22,23). The highest BCUT2D eigenvalue weighted by Gasteiger charge is 2.36. The Hall–Kier alpha value is -2.16. The summed E-state index contributed by atoms with van der Waals surface area (Å²) in [5.41, 5.74) is 2.16. The van der Waals surface area contributed by atoms with E-state index < -0.39 is 18.1 Å². The highest BCUT2D eigenvalue weighted by molar-refractivity contribution is 6.41. The van der Waals surface area contributed by atoms with Crippen LogP contribution in [0.2, 0.25) is 0 Å². The molecule has 2 aromatic rings. The fraction of sp³-hybridized carbons (Fsp3) is 0.467. The molecule has 1 aromatic carbocycles. The largest absolute Gasteiger partial charge is 0.411 e. The van der Waals surface area contributed by atoms with Crippen LogP contribution in [0.5, 0.6) is 0 Å². The highest BCUT2D eigenvalue weighted by Crippen LogP contribution is 2.21. The lowest BCUT2D eigenvalue weighted by molar-refractivity contribution is -0.173. The Kier molecular flexibility index (Phi) is 4.92. The van der Waals surface area contributed by atoms with E-state index in [1.807, 2.05) is 0 Å². The van der Waals surface area contributed by atoms with Crippen LogP contribution in [0.3, 0.4) is 0 Å². The zero-order valence-electron chi connectivity index (χ0n) is 13.8. The third kappa shape index (κ3) is 4.32. The van der Waals surface area contributed by atoms with Crippen molar-refractivity contribution in [1.82, 2.24) is 20.2 Å². The summed E-state index contributed by atoms with van der Waals surface area (Å²) in [6.45, 7) is -1.00. The smallest absolute Gasteiger partial charge is 0.372 e. The number of H-pyrrole nitrogens is 1. The number of amides is 2. The lowest BCUT2D eigenvalue weighted by Crippen LogP contribution is -2.47. The number of rotatable bonds is 6. The molecule has 3 rings (SSSR count). The van der Waals surface area contributed by atoms with E-state index in [1.54, 1.807) is 18.2 Å². The van der Waals surface area contributed by atoms with E-state index in [0.29, 0.717) is 16.9 Å². The molecule has 2 amide bonds. The molecule has 1 aliphatic heterocycles. The van der Waals surface area contributed by atoms with E-state index in [-0.39, 0.29) is 32.1 Å². The van der Waals surface area contributed by atoms with Crippen LogP contribution in [-0.2, 0) is 17.7 Å². The zero-order chi connectivity index (χ0) is 18.9. The number of fused-ring (bicyclic) bond motifs is 1. The maximum Gasteiger partial charge on any atom is 0.411 e. The zero-order valence-corrected chi connectivity index (χ0v) is 13.8. The number of alkyl halides is 3. The summed E-state index contributed by atoms with van der Waals surface area (Å²) in [4.78, 5) is 20.5. The average Bonchev–Trinajstić information content (AvgIpc) is 3.05. The summed E-state index contributed by atoms with van der Waals surface area (Å²) >= 11 is 0. The molecular formula is C15H15B2F3N4O2. The third-order valence-electron chi connectivity index (χ3n) is 3.96. The van der Waals surface area contributed by atoms with Crippen LogP contribution in [0, 0.1) is 0 Å². The molecule has 0 unspecified atom stereocenters. The Labute approximate surface area is 150 Å². The van der Waals surface area contributed by atoms with Crippen LogP contribution < -0.4 is 5.32 Å². The van der Waals surface area contributed by atoms with Crippen molar-refractivity contribution in [2.75, 3.05) is 19.8 Å². The lowest BCUT2D eigenvalue weighted by atomic mass is 9.61. The Morgan fingerprint density at radius 2 is 2.12 bits per heavy atom. The van der Waals surface area contributed by atoms with E-state index in [0.717, 1.165) is 5.56 Å². The number of aromatic amines is 1. The van der Waals surface area contributed by atoms with Gasteiger partial charge in [0.2, 0.25) is 0 Å². The van der Waals surface area contributed by atoms with Gasteiger partial charge in [-0.1, -0.05) is 6.07 Å². The summed E-state index contributed by atoms with van der Waals surface area (Å²) in [6, 6.07) is 4.99. The van der Waals surface area contributed by atoms with Crippen molar-refractivity contribution in [3.05, 3.63) is 29.6 Å². The van der Waals surface area contributed by atoms with Crippen molar-refractivity contribution < 1.29 is 22.7 Å². The van der Waals surface area contributed by atoms with Gasteiger partial charge in [-0.05, 0) is 23.0 Å². The number of nitrogens with zero attached hydrogens (tertiary/aromatic N) is 2. The molecule has 26 heavy (non-hydrogen) atoms. The van der Waals surface area contributed by atoms with E-state index >= 15 is 0 Å². The lowest BCUT2D eigenvalue weighted by Gasteiger charge is -2.31. The Morgan fingerprint density at radius 3 is 2.77 bits per heavy atom. The minimum Gasteiger partial charge on any atom is -0.372 e. The van der Waals surface area contributed by atoms with E-state index in [1.165, 1.54) is 4.90 Å². The van der Waals surface area contributed by atoms with Crippen LogP contribution in [0.25, 0.3) is 11.0 Å². The van der Waals surface area contributed by atoms with Crippen LogP contribution in [0.4, 0.5) is 18.0 Å². The third-order valence-corrected chi connectivity index (χ3v) is 3.96. The second-order valence-electron chi connectivity index (χ2n) is 6.19. The number of hydrogen-bond donors (Lipinski definition) is 2. The molecule has 4 radical (unpaired) electrons. The second kappa shape index (κ2) is 6.86. The van der Waals surface area contributed by atoms with Crippen LogP contribution >= 0.6 is 0 Å². The van der Waals surface area contributed by atoms with Gasteiger partial charge in [-0.3, -0.25) is 0 Å². The summed E-state index contributed by atoms with van der Waals surface area (Å²) in [7, 11) is 11.8. The fourth-order valence-corrected chi connectivity index (χ4v) is 2.68. The molecule has 0 spiro atoms. The van der Waals surface area contributed by atoms with Crippen molar-refractivity contribution in [2.45, 2.75) is 24.5 Å². The second-order valence-corrected chi connectivity index (χ2v) is 6.19. The molecule has 1 aromatic heterocycles. The van der Waals surface area contributed by atoms with Crippen molar-refractivity contribution in [2.24, 2.45) is 0 Å². The molecular weight excluding hydrogens is 347 g/mol. The van der Waals surface area contributed by atoms with Gasteiger partial charge in [-0.15, -0.1) is 0 Å². The number of imidazole rings is 1. The maximum atomic E-state index is 12.0. The summed E-state index contributed by atoms with van der Waals surface area (Å²) in [6.07, 6.45) is -4.12. The first-order chi connectivity index (χ1) is 12.1. The van der Waals surface area contributed by atoms with Crippen molar-refractivity contribution in [3.8, 4) is 0 Å². The normalized spacial score (nSPS) is 17.0. The van der Waals surface area contributed by atoms with Gasteiger partial charge in [-0.2, -0.15) is 13.2 Å². The number of carbonyl (C=O) groups is 1. The van der Waals surface area contributed by atoms with Crippen molar-refractivity contribution >= 4 is 32.8 Å². The molecule has 134 valence electrons. The summed E-state index contributed by atoms with van der Waals surface area (Å²) in [5.74, 6) is 0.519. The van der Waals surface area contributed by atoms with Crippen LogP contribution in [0.1, 0.15) is 11.4 Å². The number of hydrogen-bond acceptors (Lipinski definition) is 3. The molecule has 0 aliphatic carbocycles. The molecule has 6 nitrogen and oxygen atoms in total. The van der Waals surface area contributed by atoms with Gasteiger partial charge >= 0.3 is 12.2 Å². The first-order valence-corrected chi connectivity index (χ1v) is 7.89. The summed E-state index contributed by atoms with van der Waals surface area (Å²) < 4.78 is 40.7. The highest BCUT2D eigenvalue weighted by atomic mass is 19.4. The molecule has 11 heteroatoms. The average molecular weight is 362 g/mol. The molecule has 0 saturated carbocycles. The molecule has 0 bridgehead atoms. The molecule has 2 heterocycles. The summed E-state index contributed by atoms with van der Waals surface area (Å²) in [5, 5.41) is 1.32. The van der Waals surface area contributed by atoms with Gasteiger partial charge in [0.1, 0.15) is 12.4 Å². The quantitative estimate of drug-likeness (QED) is 0.600. The number of halogens is 3. The fourth-order valence-electron chi connectivity index (χ4n) is 2.68. The van der Waals surface area contributed by atoms with E-state index in [2.05, 4.69) is 20.0 Å². The van der Waals surface area contributed by atoms with Crippen molar-refractivity contribution in [3.63, 3.8) is 0 Å². The van der Waals surface area contributed by atoms with Crippen LogP contribution in [0.15, 0.2) is 18.2 Å². The monoisotopic (exact) mass is 362 g/mol. The number of urea groups is 1. The predicted octanol–water partition coefficient (Wildman–Crippen LogP) is 1.20. The number of carbonyl (C=O) groups excluding carboxylic acids is 1. The number of ether oxygens (including phenoxy) is 1. The van der Waals surface area contributed by atoms with E-state index in [9.17, 15) is 18.0 Å². The van der Waals surface area contributed by atoms with Crippen LogP contribution in [-0.4, -0.2) is 67.9 Å². The van der Waals surface area contributed by atoms with Gasteiger partial charge in [0.05, 0.1) is 33.3 Å². The number of aromatic nitrogens is 2. The minimum absolute atomic E-state index is 0.0942. The molecule has 0 atom stereocenters. The van der Waals surface area contributed by atoms with Gasteiger partial charge in [0, 0.05) is 19.5 Å². The van der Waals surface area contributed by atoms with Crippen molar-refractivity contribution in [1.29, 1.82) is 0 Å². The Balaban J connectivity index is 1.65. The van der Waals surface area contributed by atoms with Gasteiger partial charge < -0.3 is 19.9 Å². The number of benzene rings is 1. The van der Waals surface area contributed by atoms with Gasteiger partial charge in [-0.25, -0.2) is 9.78 Å². The predicted molar refractivity (Wildman–Crippen MR) is 89.9 cm³/mol. The molecule has 1 saturated heterocycles. The Bertz CT molecular complexity index is 810. The number of nitrogens with one attached hydrogen (secondary N) is 2. The molecule has 2 N–H and O–H groups in total. The maximum absolute atomic E-state index is 12.0. The topological polar surface area (TPSA) is 70.2 Å². The first-order valence-electron chi connectivity index (χ1n) is 7.89.